The van der Waals surface area contributed by atoms with Crippen molar-refractivity contribution in [3.63, 3.8) is 0 Å². The smallest absolute Gasteiger partial charge is 0.255 e. The minimum atomic E-state index is 0.0129. The number of para-hydroxylation sites is 1. The normalized spacial score (nSPS) is 14.3. The number of benzene rings is 1. The Balaban J connectivity index is 1.32. The van der Waals surface area contributed by atoms with Gasteiger partial charge in [0, 0.05) is 54.3 Å². The van der Waals surface area contributed by atoms with E-state index < -0.39 is 0 Å². The number of rotatable bonds is 3. The van der Waals surface area contributed by atoms with Crippen LogP contribution in [0.25, 0.3) is 22.3 Å². The zero-order valence-electron chi connectivity index (χ0n) is 15.2. The van der Waals surface area contributed by atoms with Crippen molar-refractivity contribution in [1.29, 1.82) is 0 Å². The Kier molecular flexibility index (Phi) is 4.01. The molecule has 1 aliphatic rings. The summed E-state index contributed by atoms with van der Waals surface area (Å²) in [6.07, 6.45) is 11.9. The zero-order chi connectivity index (χ0) is 18.9. The standard InChI is InChI=1S/C22H19N5O/c28-22(17-5-6-21(25-13-17)27-12-9-23-15-27)26-10-7-16(8-11-26)19-14-24-20-4-2-1-3-18(19)20/h1-7,9,12-15,24H,8,10-11H2. The van der Waals surface area contributed by atoms with Crippen molar-refractivity contribution in [2.24, 2.45) is 0 Å². The van der Waals surface area contributed by atoms with Gasteiger partial charge in [0.15, 0.2) is 0 Å². The number of hydrogen-bond donors (Lipinski definition) is 1. The Morgan fingerprint density at radius 1 is 1.14 bits per heavy atom. The van der Waals surface area contributed by atoms with Crippen LogP contribution in [0.4, 0.5) is 0 Å². The predicted molar refractivity (Wildman–Crippen MR) is 108 cm³/mol. The van der Waals surface area contributed by atoms with E-state index in [0.29, 0.717) is 18.7 Å². The molecule has 0 atom stereocenters. The number of amides is 1. The molecule has 28 heavy (non-hydrogen) atoms. The maximum Gasteiger partial charge on any atom is 0.255 e. The molecule has 0 bridgehead atoms. The fourth-order valence-electron chi connectivity index (χ4n) is 3.68. The van der Waals surface area contributed by atoms with E-state index in [1.165, 1.54) is 16.5 Å². The summed E-state index contributed by atoms with van der Waals surface area (Å²) >= 11 is 0. The van der Waals surface area contributed by atoms with Crippen molar-refractivity contribution in [2.45, 2.75) is 6.42 Å². The Morgan fingerprint density at radius 3 is 2.82 bits per heavy atom. The Labute approximate surface area is 162 Å². The number of nitrogens with one attached hydrogen (secondary N) is 1. The molecular weight excluding hydrogens is 350 g/mol. The molecule has 3 aromatic heterocycles. The third-order valence-electron chi connectivity index (χ3n) is 5.20. The highest BCUT2D eigenvalue weighted by Gasteiger charge is 2.20. The van der Waals surface area contributed by atoms with Gasteiger partial charge in [-0.1, -0.05) is 24.3 Å². The fraction of sp³-hybridized carbons (Fsp3) is 0.136. The molecule has 0 saturated heterocycles. The largest absolute Gasteiger partial charge is 0.361 e. The average Bonchev–Trinajstić information content (AvgIpc) is 3.44. The van der Waals surface area contributed by atoms with Crippen molar-refractivity contribution < 1.29 is 4.79 Å². The van der Waals surface area contributed by atoms with Crippen LogP contribution < -0.4 is 0 Å². The van der Waals surface area contributed by atoms with E-state index >= 15 is 0 Å². The summed E-state index contributed by atoms with van der Waals surface area (Å²) < 4.78 is 1.81. The van der Waals surface area contributed by atoms with Gasteiger partial charge in [0.25, 0.3) is 5.91 Å². The first-order valence-corrected chi connectivity index (χ1v) is 9.29. The Hall–Kier alpha value is -3.67. The molecule has 6 nitrogen and oxygen atoms in total. The van der Waals surface area contributed by atoms with Gasteiger partial charge < -0.3 is 9.88 Å². The molecule has 0 radical (unpaired) electrons. The summed E-state index contributed by atoms with van der Waals surface area (Å²) in [5, 5.41) is 1.23. The number of H-pyrrole nitrogens is 1. The van der Waals surface area contributed by atoms with E-state index in [1.807, 2.05) is 33.9 Å². The number of carbonyl (C=O) groups excluding carboxylic acids is 1. The van der Waals surface area contributed by atoms with Crippen LogP contribution in [0, 0.1) is 0 Å². The minimum absolute atomic E-state index is 0.0129. The summed E-state index contributed by atoms with van der Waals surface area (Å²) in [6, 6.07) is 12.0. The van der Waals surface area contributed by atoms with Crippen LogP contribution in [0.2, 0.25) is 0 Å². The van der Waals surface area contributed by atoms with Gasteiger partial charge in [0.05, 0.1) is 5.56 Å². The van der Waals surface area contributed by atoms with Gasteiger partial charge in [0.1, 0.15) is 12.1 Å². The molecule has 1 aromatic carbocycles. The third-order valence-corrected chi connectivity index (χ3v) is 5.20. The Bertz CT molecular complexity index is 1160. The number of aromatic amines is 1. The second kappa shape index (κ2) is 6.81. The predicted octanol–water partition coefficient (Wildman–Crippen LogP) is 3.68. The SMILES string of the molecule is O=C(c1ccc(-n2ccnc2)nc1)N1CC=C(c2c[nH]c3ccccc23)CC1. The number of fused-ring (bicyclic) bond motifs is 1. The van der Waals surface area contributed by atoms with Crippen molar-refractivity contribution in [3.8, 4) is 5.82 Å². The molecule has 5 rings (SSSR count). The number of carbonyl (C=O) groups is 1. The van der Waals surface area contributed by atoms with E-state index in [-0.39, 0.29) is 5.91 Å². The highest BCUT2D eigenvalue weighted by Crippen LogP contribution is 2.29. The second-order valence-electron chi connectivity index (χ2n) is 6.85. The maximum absolute atomic E-state index is 12.8. The van der Waals surface area contributed by atoms with Crippen LogP contribution >= 0.6 is 0 Å². The van der Waals surface area contributed by atoms with E-state index in [9.17, 15) is 4.79 Å². The molecule has 0 fully saturated rings. The van der Waals surface area contributed by atoms with Crippen LogP contribution in [0.15, 0.2) is 73.6 Å². The van der Waals surface area contributed by atoms with E-state index in [2.05, 4.69) is 45.4 Å². The summed E-state index contributed by atoms with van der Waals surface area (Å²) in [6.45, 7) is 1.31. The molecule has 1 aliphatic heterocycles. The van der Waals surface area contributed by atoms with Gasteiger partial charge in [-0.05, 0) is 30.2 Å². The molecule has 1 amide bonds. The zero-order valence-corrected chi connectivity index (χ0v) is 15.2. The van der Waals surface area contributed by atoms with Crippen molar-refractivity contribution in [1.82, 2.24) is 24.4 Å². The average molecular weight is 369 g/mol. The number of aromatic nitrogens is 4. The molecule has 1 N–H and O–H groups in total. The molecule has 0 saturated carbocycles. The van der Waals surface area contributed by atoms with Gasteiger partial charge in [-0.25, -0.2) is 9.97 Å². The van der Waals surface area contributed by atoms with Crippen molar-refractivity contribution in [3.05, 3.63) is 84.7 Å². The van der Waals surface area contributed by atoms with Crippen molar-refractivity contribution >= 4 is 22.4 Å². The third kappa shape index (κ3) is 2.89. The first-order chi connectivity index (χ1) is 13.8. The molecular formula is C22H19N5O. The van der Waals surface area contributed by atoms with Crippen LogP contribution in [-0.2, 0) is 0 Å². The fourth-order valence-corrected chi connectivity index (χ4v) is 3.68. The van der Waals surface area contributed by atoms with E-state index in [1.54, 1.807) is 18.7 Å². The van der Waals surface area contributed by atoms with E-state index in [4.69, 9.17) is 0 Å². The molecule has 0 unspecified atom stereocenters. The maximum atomic E-state index is 12.8. The molecule has 6 heteroatoms. The van der Waals surface area contributed by atoms with Gasteiger partial charge in [-0.2, -0.15) is 0 Å². The van der Waals surface area contributed by atoms with Crippen LogP contribution in [-0.4, -0.2) is 43.4 Å². The molecule has 138 valence electrons. The highest BCUT2D eigenvalue weighted by molar-refractivity contribution is 5.96. The minimum Gasteiger partial charge on any atom is -0.361 e. The highest BCUT2D eigenvalue weighted by atomic mass is 16.2. The van der Waals surface area contributed by atoms with E-state index in [0.717, 1.165) is 17.8 Å². The number of hydrogen-bond acceptors (Lipinski definition) is 3. The van der Waals surface area contributed by atoms with Gasteiger partial charge in [-0.15, -0.1) is 0 Å². The number of nitrogens with zero attached hydrogens (tertiary/aromatic N) is 4. The monoisotopic (exact) mass is 369 g/mol. The first kappa shape index (κ1) is 16.5. The number of pyridine rings is 1. The lowest BCUT2D eigenvalue weighted by atomic mass is 9.98. The molecule has 0 spiro atoms. The summed E-state index contributed by atoms with van der Waals surface area (Å²) in [7, 11) is 0. The summed E-state index contributed by atoms with van der Waals surface area (Å²) in [5.74, 6) is 0.758. The molecule has 0 aliphatic carbocycles. The molecule has 4 heterocycles. The lowest BCUT2D eigenvalue weighted by Gasteiger charge is -2.26. The van der Waals surface area contributed by atoms with Crippen LogP contribution in [0.1, 0.15) is 22.3 Å². The van der Waals surface area contributed by atoms with Gasteiger partial charge in [0.2, 0.25) is 0 Å². The van der Waals surface area contributed by atoms with Crippen LogP contribution in [0.5, 0.6) is 0 Å². The van der Waals surface area contributed by atoms with Gasteiger partial charge in [-0.3, -0.25) is 9.36 Å². The Morgan fingerprint density at radius 2 is 2.07 bits per heavy atom. The lowest BCUT2D eigenvalue weighted by molar-refractivity contribution is 0.0772. The van der Waals surface area contributed by atoms with Crippen LogP contribution in [0.3, 0.4) is 0 Å². The number of imidazole rings is 1. The first-order valence-electron chi connectivity index (χ1n) is 9.29. The topological polar surface area (TPSA) is 66.8 Å². The second-order valence-corrected chi connectivity index (χ2v) is 6.85. The molecule has 4 aromatic rings. The lowest BCUT2D eigenvalue weighted by Crippen LogP contribution is -2.34. The van der Waals surface area contributed by atoms with Crippen molar-refractivity contribution in [2.75, 3.05) is 13.1 Å². The quantitative estimate of drug-likeness (QED) is 0.599. The summed E-state index contributed by atoms with van der Waals surface area (Å²) in [5.41, 5.74) is 4.26. The summed E-state index contributed by atoms with van der Waals surface area (Å²) in [4.78, 5) is 26.4. The van der Waals surface area contributed by atoms with Gasteiger partial charge >= 0.3 is 0 Å².